The number of piperidine rings is 1. The summed E-state index contributed by atoms with van der Waals surface area (Å²) in [6.07, 6.45) is 1.86. The molecule has 6 heteroatoms. The minimum absolute atomic E-state index is 0.136. The summed E-state index contributed by atoms with van der Waals surface area (Å²) in [5, 5.41) is 16.5. The number of aromatic nitrogens is 2. The minimum Gasteiger partial charge on any atom is -0.480 e. The number of carboxylic acids is 1. The summed E-state index contributed by atoms with van der Waals surface area (Å²) in [4.78, 5) is 25.7. The third-order valence-corrected chi connectivity index (χ3v) is 4.44. The quantitative estimate of drug-likeness (QED) is 0.887. The number of aliphatic carboxylic acids is 1. The summed E-state index contributed by atoms with van der Waals surface area (Å²) in [5.74, 6) is -1.06. The van der Waals surface area contributed by atoms with E-state index in [1.165, 1.54) is 4.90 Å². The van der Waals surface area contributed by atoms with Crippen LogP contribution >= 0.6 is 0 Å². The molecule has 116 valence electrons. The van der Waals surface area contributed by atoms with Crippen LogP contribution < -0.4 is 0 Å². The van der Waals surface area contributed by atoms with Gasteiger partial charge in [-0.1, -0.05) is 13.8 Å². The van der Waals surface area contributed by atoms with Gasteiger partial charge in [0, 0.05) is 17.8 Å². The molecular weight excluding hydrogens is 270 g/mol. The van der Waals surface area contributed by atoms with E-state index in [1.807, 2.05) is 27.7 Å². The third-order valence-electron chi connectivity index (χ3n) is 4.44. The van der Waals surface area contributed by atoms with E-state index < -0.39 is 17.4 Å². The molecule has 1 aliphatic rings. The Bertz CT molecular complexity index is 543. The lowest BCUT2D eigenvalue weighted by Gasteiger charge is -2.44. The topological polar surface area (TPSA) is 86.3 Å². The van der Waals surface area contributed by atoms with E-state index in [0.717, 1.165) is 29.8 Å². The molecule has 1 amide bonds. The molecule has 1 atom stereocenters. The van der Waals surface area contributed by atoms with Crippen molar-refractivity contribution in [2.75, 3.05) is 6.54 Å². The van der Waals surface area contributed by atoms with Crippen molar-refractivity contribution in [1.82, 2.24) is 15.1 Å². The van der Waals surface area contributed by atoms with Crippen molar-refractivity contribution in [2.24, 2.45) is 5.41 Å². The number of aromatic amines is 1. The van der Waals surface area contributed by atoms with Gasteiger partial charge in [0.2, 0.25) is 5.91 Å². The van der Waals surface area contributed by atoms with Crippen molar-refractivity contribution in [1.29, 1.82) is 0 Å². The maximum atomic E-state index is 12.6. The van der Waals surface area contributed by atoms with Crippen LogP contribution in [-0.4, -0.2) is 44.7 Å². The summed E-state index contributed by atoms with van der Waals surface area (Å²) in [7, 11) is 0. The zero-order valence-corrected chi connectivity index (χ0v) is 13.1. The van der Waals surface area contributed by atoms with Crippen LogP contribution in [0.2, 0.25) is 0 Å². The van der Waals surface area contributed by atoms with Gasteiger partial charge in [-0.05, 0) is 32.1 Å². The SMILES string of the molecule is Cc1n[nH]c(C)c1CC(=O)N1CCCC(C)(C)C1C(=O)O. The molecule has 1 aliphatic heterocycles. The Balaban J connectivity index is 2.23. The monoisotopic (exact) mass is 293 g/mol. The van der Waals surface area contributed by atoms with Crippen molar-refractivity contribution in [2.45, 2.75) is 53.0 Å². The minimum atomic E-state index is -0.923. The number of nitrogens with one attached hydrogen (secondary N) is 1. The molecule has 0 radical (unpaired) electrons. The van der Waals surface area contributed by atoms with Crippen LogP contribution in [0.3, 0.4) is 0 Å². The van der Waals surface area contributed by atoms with Crippen molar-refractivity contribution >= 4 is 11.9 Å². The molecular formula is C15H23N3O3. The average Bonchev–Trinajstić information content (AvgIpc) is 2.68. The van der Waals surface area contributed by atoms with Crippen LogP contribution in [-0.2, 0) is 16.0 Å². The molecule has 1 fully saturated rings. The molecule has 6 nitrogen and oxygen atoms in total. The number of carbonyl (C=O) groups is 2. The number of carbonyl (C=O) groups excluding carboxylic acids is 1. The van der Waals surface area contributed by atoms with Crippen molar-refractivity contribution in [3.63, 3.8) is 0 Å². The van der Waals surface area contributed by atoms with Crippen LogP contribution in [0.25, 0.3) is 0 Å². The molecule has 1 saturated heterocycles. The second-order valence-corrected chi connectivity index (χ2v) is 6.51. The zero-order chi connectivity index (χ0) is 15.8. The number of likely N-dealkylation sites (tertiary alicyclic amines) is 1. The van der Waals surface area contributed by atoms with E-state index in [0.29, 0.717) is 6.54 Å². The first-order chi connectivity index (χ1) is 9.74. The first-order valence-corrected chi connectivity index (χ1v) is 7.27. The summed E-state index contributed by atoms with van der Waals surface area (Å²) >= 11 is 0. The fourth-order valence-electron chi connectivity index (χ4n) is 3.22. The number of rotatable bonds is 3. The van der Waals surface area contributed by atoms with Crippen molar-refractivity contribution < 1.29 is 14.7 Å². The molecule has 0 aliphatic carbocycles. The summed E-state index contributed by atoms with van der Waals surface area (Å²) in [6, 6.07) is -0.758. The second-order valence-electron chi connectivity index (χ2n) is 6.51. The molecule has 1 unspecified atom stereocenters. The summed E-state index contributed by atoms with van der Waals surface area (Å²) < 4.78 is 0. The molecule has 1 aromatic heterocycles. The Labute approximate surface area is 124 Å². The Morgan fingerprint density at radius 3 is 2.62 bits per heavy atom. The Morgan fingerprint density at radius 2 is 2.10 bits per heavy atom. The molecule has 2 N–H and O–H groups in total. The lowest BCUT2D eigenvalue weighted by molar-refractivity contribution is -0.158. The first kappa shape index (κ1) is 15.5. The highest BCUT2D eigenvalue weighted by Gasteiger charge is 2.44. The third kappa shape index (κ3) is 2.94. The van der Waals surface area contributed by atoms with Gasteiger partial charge >= 0.3 is 5.97 Å². The second kappa shape index (κ2) is 5.50. The lowest BCUT2D eigenvalue weighted by atomic mass is 9.76. The maximum Gasteiger partial charge on any atom is 0.326 e. The van der Waals surface area contributed by atoms with Crippen molar-refractivity contribution in [3.8, 4) is 0 Å². The largest absolute Gasteiger partial charge is 0.480 e. The van der Waals surface area contributed by atoms with Gasteiger partial charge in [0.15, 0.2) is 0 Å². The van der Waals surface area contributed by atoms with Crippen LogP contribution in [0.5, 0.6) is 0 Å². The van der Waals surface area contributed by atoms with Gasteiger partial charge in [0.25, 0.3) is 0 Å². The fourth-order valence-corrected chi connectivity index (χ4v) is 3.22. The predicted octanol–water partition coefficient (Wildman–Crippen LogP) is 1.67. The highest BCUT2D eigenvalue weighted by molar-refractivity contribution is 5.86. The van der Waals surface area contributed by atoms with E-state index in [2.05, 4.69) is 10.2 Å². The van der Waals surface area contributed by atoms with Crippen LogP contribution in [0.15, 0.2) is 0 Å². The summed E-state index contributed by atoms with van der Waals surface area (Å²) in [6.45, 7) is 8.06. The van der Waals surface area contributed by atoms with Gasteiger partial charge in [-0.15, -0.1) is 0 Å². The molecule has 2 rings (SSSR count). The van der Waals surface area contributed by atoms with E-state index in [4.69, 9.17) is 0 Å². The molecule has 0 spiro atoms. The number of hydrogen-bond donors (Lipinski definition) is 2. The standard InChI is InChI=1S/C15H23N3O3/c1-9-11(10(2)17-16-9)8-12(19)18-7-5-6-15(3,4)13(18)14(20)21/h13H,5-8H2,1-4H3,(H,16,17)(H,20,21). The number of carboxylic acid groups (broad SMARTS) is 1. The molecule has 0 saturated carbocycles. The van der Waals surface area contributed by atoms with Gasteiger partial charge in [-0.25, -0.2) is 4.79 Å². The van der Waals surface area contributed by atoms with E-state index in [9.17, 15) is 14.7 Å². The van der Waals surface area contributed by atoms with Crippen LogP contribution in [0, 0.1) is 19.3 Å². The van der Waals surface area contributed by atoms with E-state index >= 15 is 0 Å². The highest BCUT2D eigenvalue weighted by Crippen LogP contribution is 2.35. The van der Waals surface area contributed by atoms with Gasteiger partial charge in [0.1, 0.15) is 6.04 Å². The predicted molar refractivity (Wildman–Crippen MR) is 77.9 cm³/mol. The Morgan fingerprint density at radius 1 is 1.43 bits per heavy atom. The number of nitrogens with zero attached hydrogens (tertiary/aromatic N) is 2. The lowest BCUT2D eigenvalue weighted by Crippen LogP contribution is -2.56. The molecule has 0 aromatic carbocycles. The maximum absolute atomic E-state index is 12.6. The molecule has 21 heavy (non-hydrogen) atoms. The Kier molecular flexibility index (Phi) is 4.07. The fraction of sp³-hybridized carbons (Fsp3) is 0.667. The van der Waals surface area contributed by atoms with Gasteiger partial charge in [-0.3, -0.25) is 9.89 Å². The van der Waals surface area contributed by atoms with Crippen LogP contribution in [0.4, 0.5) is 0 Å². The van der Waals surface area contributed by atoms with E-state index in [-0.39, 0.29) is 12.3 Å². The first-order valence-electron chi connectivity index (χ1n) is 7.27. The number of hydrogen-bond acceptors (Lipinski definition) is 3. The van der Waals surface area contributed by atoms with Crippen molar-refractivity contribution in [3.05, 3.63) is 17.0 Å². The van der Waals surface area contributed by atoms with Gasteiger partial charge in [0.05, 0.1) is 12.1 Å². The molecule has 2 heterocycles. The summed E-state index contributed by atoms with van der Waals surface area (Å²) in [5.41, 5.74) is 2.13. The number of H-pyrrole nitrogens is 1. The zero-order valence-electron chi connectivity index (χ0n) is 13.1. The number of amides is 1. The van der Waals surface area contributed by atoms with E-state index in [1.54, 1.807) is 0 Å². The number of aryl methyl sites for hydroxylation is 2. The molecule has 0 bridgehead atoms. The molecule has 1 aromatic rings. The average molecular weight is 293 g/mol. The highest BCUT2D eigenvalue weighted by atomic mass is 16.4. The smallest absolute Gasteiger partial charge is 0.326 e. The van der Waals surface area contributed by atoms with Crippen LogP contribution in [0.1, 0.15) is 43.6 Å². The van der Waals surface area contributed by atoms with Gasteiger partial charge in [-0.2, -0.15) is 5.10 Å². The normalized spacial score (nSPS) is 21.3. The van der Waals surface area contributed by atoms with Gasteiger partial charge < -0.3 is 10.0 Å². The Hall–Kier alpha value is -1.85.